The Kier molecular flexibility index (Phi) is 22.3. The molecular weight excluding hydrogens is 1020 g/mol. The number of methoxy groups -OCH3 is 3. The summed E-state index contributed by atoms with van der Waals surface area (Å²) in [5.74, 6) is -6.97. The van der Waals surface area contributed by atoms with Crippen LogP contribution in [0.1, 0.15) is 61.1 Å². The molecule has 22 heteroatoms. The third-order valence-corrected chi connectivity index (χ3v) is 12.6. The van der Waals surface area contributed by atoms with Gasteiger partial charge in [0, 0.05) is 85.7 Å². The molecule has 0 saturated carbocycles. The number of hydrogen-bond acceptors (Lipinski definition) is 15. The van der Waals surface area contributed by atoms with Crippen LogP contribution in [0.15, 0.2) is 142 Å². The molecule has 0 saturated heterocycles. The number of carbonyl (C=O) groups is 5. The number of nitrogens with zero attached hydrogens (tertiary/aromatic N) is 4. The lowest BCUT2D eigenvalue weighted by molar-refractivity contribution is -0.312. The van der Waals surface area contributed by atoms with Crippen LogP contribution in [-0.4, -0.2) is 121 Å². The fraction of sp³-hybridized carbons (Fsp3) is 0.333. The number of aliphatic carboxylic acids is 1. The average molecular weight is 1090 g/mol. The Morgan fingerprint density at radius 3 is 1.14 bits per heavy atom. The number of pyridine rings is 3. The van der Waals surface area contributed by atoms with Gasteiger partial charge in [0.1, 0.15) is 19.8 Å². The van der Waals surface area contributed by atoms with Crippen LogP contribution in [-0.2, 0) is 63.3 Å². The lowest BCUT2D eigenvalue weighted by atomic mass is 9.93. The van der Waals surface area contributed by atoms with E-state index in [2.05, 4.69) is 16.0 Å². The van der Waals surface area contributed by atoms with Gasteiger partial charge in [0.2, 0.25) is 0 Å². The second-order valence-corrected chi connectivity index (χ2v) is 17.8. The second kappa shape index (κ2) is 29.6. The molecule has 3 heterocycles. The number of ether oxygens (including phenoxy) is 6. The Hall–Kier alpha value is -8.86. The van der Waals surface area contributed by atoms with Gasteiger partial charge in [-0.2, -0.15) is 0 Å². The van der Waals surface area contributed by atoms with Gasteiger partial charge >= 0.3 is 0 Å². The van der Waals surface area contributed by atoms with Crippen molar-refractivity contribution in [1.82, 2.24) is 34.6 Å². The van der Waals surface area contributed by atoms with Crippen LogP contribution in [0.3, 0.4) is 0 Å². The van der Waals surface area contributed by atoms with Crippen molar-refractivity contribution in [3.05, 3.63) is 192 Å². The fourth-order valence-electron chi connectivity index (χ4n) is 8.12. The molecule has 1 unspecified atom stereocenters. The Morgan fingerprint density at radius 2 is 0.835 bits per heavy atom. The normalized spacial score (nSPS) is 11.7. The summed E-state index contributed by atoms with van der Waals surface area (Å²) >= 11 is 0. The maximum absolute atomic E-state index is 15.0. The van der Waals surface area contributed by atoms with Gasteiger partial charge in [-0.15, -0.1) is 0 Å². The lowest BCUT2D eigenvalue weighted by Gasteiger charge is -2.38. The molecule has 1 atom stereocenters. The maximum Gasteiger partial charge on any atom is 0.293 e. The zero-order chi connectivity index (χ0) is 56.7. The first-order chi connectivity index (χ1) is 38.3. The molecule has 0 bridgehead atoms. The summed E-state index contributed by atoms with van der Waals surface area (Å²) in [5.41, 5.74) is -3.41. The number of amides is 4. The van der Waals surface area contributed by atoms with Crippen LogP contribution in [0.2, 0.25) is 0 Å². The predicted molar refractivity (Wildman–Crippen MR) is 287 cm³/mol. The van der Waals surface area contributed by atoms with Crippen molar-refractivity contribution >= 4 is 29.6 Å². The molecule has 0 aliphatic heterocycles. The van der Waals surface area contributed by atoms with Crippen molar-refractivity contribution in [2.24, 2.45) is 0 Å². The highest BCUT2D eigenvalue weighted by Crippen LogP contribution is 2.22. The molecule has 22 nitrogen and oxygen atoms in total. The van der Waals surface area contributed by atoms with Gasteiger partial charge in [-0.1, -0.05) is 97.9 Å². The molecule has 3 N–H and O–H groups in total. The van der Waals surface area contributed by atoms with E-state index in [1.807, 2.05) is 12.1 Å². The molecule has 0 fully saturated rings. The fourth-order valence-corrected chi connectivity index (χ4v) is 8.12. The maximum atomic E-state index is 15.0. The summed E-state index contributed by atoms with van der Waals surface area (Å²) in [4.78, 5) is 113. The first-order valence-corrected chi connectivity index (χ1v) is 25.3. The van der Waals surface area contributed by atoms with Crippen LogP contribution >= 0.6 is 0 Å². The Bertz CT molecular complexity index is 3070. The van der Waals surface area contributed by atoms with Gasteiger partial charge in [0.15, 0.2) is 22.8 Å². The van der Waals surface area contributed by atoms with Crippen molar-refractivity contribution in [1.29, 1.82) is 0 Å². The molecule has 418 valence electrons. The zero-order valence-corrected chi connectivity index (χ0v) is 44.4. The summed E-state index contributed by atoms with van der Waals surface area (Å²) in [7, 11) is 4.40. The van der Waals surface area contributed by atoms with Crippen molar-refractivity contribution in [3.63, 3.8) is 0 Å². The summed E-state index contributed by atoms with van der Waals surface area (Å²) in [6.45, 7) is 0.279. The lowest BCUT2D eigenvalue weighted by Crippen LogP contribution is -2.68. The van der Waals surface area contributed by atoms with E-state index in [0.29, 0.717) is 16.7 Å². The van der Waals surface area contributed by atoms with E-state index >= 15 is 4.79 Å². The Balaban J connectivity index is 1.31. The van der Waals surface area contributed by atoms with E-state index in [1.165, 1.54) is 78.7 Å². The predicted octanol–water partition coefficient (Wildman–Crippen LogP) is 2.17. The van der Waals surface area contributed by atoms with E-state index in [-0.39, 0.29) is 95.0 Å². The summed E-state index contributed by atoms with van der Waals surface area (Å²) in [6, 6.07) is 30.7. The molecule has 0 radical (unpaired) electrons. The van der Waals surface area contributed by atoms with Crippen molar-refractivity contribution in [2.45, 2.75) is 58.3 Å². The molecule has 3 aromatic heterocycles. The number of aromatic nitrogens is 3. The molecule has 0 aliphatic rings. The van der Waals surface area contributed by atoms with Crippen molar-refractivity contribution in [3.8, 4) is 17.2 Å². The summed E-state index contributed by atoms with van der Waals surface area (Å²) < 4.78 is 37.2. The zero-order valence-electron chi connectivity index (χ0n) is 44.4. The third kappa shape index (κ3) is 15.6. The first kappa shape index (κ1) is 59.4. The molecule has 3 aromatic carbocycles. The number of hydrogen-bond donors (Lipinski definition) is 3. The van der Waals surface area contributed by atoms with Crippen LogP contribution in [0.4, 0.5) is 0 Å². The van der Waals surface area contributed by atoms with E-state index in [4.69, 9.17) is 28.4 Å². The van der Waals surface area contributed by atoms with Crippen molar-refractivity contribution in [2.75, 3.05) is 67.3 Å². The number of carboxylic acids is 1. The number of rotatable bonds is 31. The largest absolute Gasteiger partial charge is 0.547 e. The standard InChI is InChI=1S/C57H65N7O15/c1-5-57(56(72)73,60-51(67)45-23-28-63(33-36-76-4)54(70)48(45)79-39-42-19-13-8-14-20-42)55(71)64(29-24-58-49(65)43-21-26-61(31-34-74-2)52(68)46(43)77-37-40-15-9-6-10-16-40)30-25-59-50(66)44-22-27-62(32-35-75-3)53(69)47(44)78-38-41-17-11-7-12-18-41/h6-23,26-28H,5,24-25,29-39H2,1-4H3,(H,58,65)(H,59,66)(H,60,67)(H,72,73)/p-1. The second-order valence-electron chi connectivity index (χ2n) is 17.8. The van der Waals surface area contributed by atoms with Crippen LogP contribution in [0.25, 0.3) is 0 Å². The van der Waals surface area contributed by atoms with Crippen LogP contribution in [0.5, 0.6) is 17.2 Å². The van der Waals surface area contributed by atoms with Crippen LogP contribution < -0.4 is 51.9 Å². The van der Waals surface area contributed by atoms with Crippen molar-refractivity contribution < 1.29 is 57.5 Å². The van der Waals surface area contributed by atoms with E-state index < -0.39 is 82.6 Å². The number of carbonyl (C=O) groups excluding carboxylic acids is 5. The topological polar surface area (TPSA) is 269 Å². The summed E-state index contributed by atoms with van der Waals surface area (Å²) in [6.07, 6.45) is 3.52. The first-order valence-electron chi connectivity index (χ1n) is 25.3. The highest BCUT2D eigenvalue weighted by Gasteiger charge is 2.44. The van der Waals surface area contributed by atoms with Gasteiger partial charge in [0.25, 0.3) is 40.3 Å². The van der Waals surface area contributed by atoms with E-state index in [9.17, 15) is 38.7 Å². The highest BCUT2D eigenvalue weighted by atomic mass is 16.5. The quantitative estimate of drug-likeness (QED) is 0.0527. The number of nitrogens with one attached hydrogen (secondary N) is 3. The third-order valence-electron chi connectivity index (χ3n) is 12.6. The van der Waals surface area contributed by atoms with Gasteiger partial charge < -0.3 is 72.9 Å². The minimum absolute atomic E-state index is 0.0617. The molecule has 0 spiro atoms. The number of carboxylic acid groups (broad SMARTS) is 1. The summed E-state index contributed by atoms with van der Waals surface area (Å²) in [5, 5.41) is 21.1. The van der Waals surface area contributed by atoms with Gasteiger partial charge in [-0.3, -0.25) is 33.6 Å². The SMILES string of the molecule is CCC(NC(=O)c1ccn(CCOC)c(=O)c1OCc1ccccc1)(C(=O)[O-])C(=O)N(CCNC(=O)c1ccn(CCOC)c(=O)c1OCc1ccccc1)CCNC(=O)c1ccn(CCOC)c(=O)c1OCc1ccccc1. The molecule has 0 aliphatic carbocycles. The van der Waals surface area contributed by atoms with Crippen LogP contribution in [0, 0.1) is 0 Å². The minimum Gasteiger partial charge on any atom is -0.547 e. The minimum atomic E-state index is -2.83. The van der Waals surface area contributed by atoms with Gasteiger partial charge in [-0.25, -0.2) is 0 Å². The Morgan fingerprint density at radius 1 is 0.506 bits per heavy atom. The smallest absolute Gasteiger partial charge is 0.293 e. The Labute approximate surface area is 455 Å². The molecule has 6 rings (SSSR count). The average Bonchev–Trinajstić information content (AvgIpc) is 3.51. The molecular formula is C57H64N7O15-. The van der Waals surface area contributed by atoms with Gasteiger partial charge in [0.05, 0.1) is 42.5 Å². The monoisotopic (exact) mass is 1090 g/mol. The van der Waals surface area contributed by atoms with E-state index in [0.717, 1.165) is 4.90 Å². The highest BCUT2D eigenvalue weighted by molar-refractivity contribution is 6.11. The van der Waals surface area contributed by atoms with E-state index in [1.54, 1.807) is 78.9 Å². The molecule has 6 aromatic rings. The number of benzene rings is 3. The molecule has 79 heavy (non-hydrogen) atoms. The molecule has 4 amide bonds. The van der Waals surface area contributed by atoms with Gasteiger partial charge in [-0.05, 0) is 41.3 Å².